The maximum absolute atomic E-state index is 11.8. The molecule has 0 radical (unpaired) electrons. The van der Waals surface area contributed by atoms with Crippen LogP contribution in [0.15, 0.2) is 47.6 Å². The number of nitro groups is 1. The fourth-order valence-corrected chi connectivity index (χ4v) is 2.44. The third-order valence-corrected chi connectivity index (χ3v) is 3.96. The van der Waals surface area contributed by atoms with Crippen LogP contribution in [0.4, 0.5) is 5.69 Å². The molecular weight excluding hydrogens is 362 g/mol. The average Bonchev–Trinajstić information content (AvgIpc) is 2.69. The minimum Gasteiger partial charge on any atom is -0.872 e. The van der Waals surface area contributed by atoms with Crippen LogP contribution in [-0.2, 0) is 11.2 Å². The third-order valence-electron chi connectivity index (χ3n) is 3.96. The van der Waals surface area contributed by atoms with Crippen molar-refractivity contribution in [2.45, 2.75) is 32.6 Å². The Labute approximate surface area is 163 Å². The van der Waals surface area contributed by atoms with E-state index >= 15 is 0 Å². The van der Waals surface area contributed by atoms with Gasteiger partial charge in [-0.1, -0.05) is 43.7 Å². The Kier molecular flexibility index (Phi) is 7.95. The highest BCUT2D eigenvalue weighted by Gasteiger charge is 2.06. The van der Waals surface area contributed by atoms with Crippen molar-refractivity contribution < 1.29 is 19.6 Å². The first-order valence-corrected chi connectivity index (χ1v) is 8.98. The van der Waals surface area contributed by atoms with Gasteiger partial charge in [0.2, 0.25) is 0 Å². The van der Waals surface area contributed by atoms with E-state index in [2.05, 4.69) is 17.5 Å². The molecule has 2 aromatic carbocycles. The van der Waals surface area contributed by atoms with E-state index in [0.29, 0.717) is 5.75 Å². The Morgan fingerprint density at radius 1 is 1.21 bits per heavy atom. The molecule has 0 spiro atoms. The Hall–Kier alpha value is -3.42. The number of amides is 1. The number of nitro benzene ring substituents is 1. The number of aryl methyl sites for hydroxylation is 1. The predicted molar refractivity (Wildman–Crippen MR) is 103 cm³/mol. The van der Waals surface area contributed by atoms with Gasteiger partial charge in [-0.05, 0) is 36.1 Å². The summed E-state index contributed by atoms with van der Waals surface area (Å²) >= 11 is 0. The van der Waals surface area contributed by atoms with Crippen LogP contribution in [0.3, 0.4) is 0 Å². The Morgan fingerprint density at radius 3 is 2.64 bits per heavy atom. The summed E-state index contributed by atoms with van der Waals surface area (Å²) in [6.45, 7) is 1.92. The third kappa shape index (κ3) is 6.71. The van der Waals surface area contributed by atoms with Crippen LogP contribution >= 0.6 is 0 Å². The number of carbonyl (C=O) groups excluding carboxylic acids is 1. The monoisotopic (exact) mass is 384 g/mol. The number of nitrogens with zero attached hydrogens (tertiary/aromatic N) is 2. The molecule has 0 aromatic heterocycles. The first-order chi connectivity index (χ1) is 13.5. The number of non-ortho nitro benzene ring substituents is 1. The minimum absolute atomic E-state index is 0.00841. The van der Waals surface area contributed by atoms with Gasteiger partial charge in [-0.2, -0.15) is 5.10 Å². The maximum atomic E-state index is 11.8. The van der Waals surface area contributed by atoms with Crippen LogP contribution in [0.2, 0.25) is 0 Å². The Morgan fingerprint density at radius 2 is 1.96 bits per heavy atom. The molecular formula is C20H22N3O5-. The van der Waals surface area contributed by atoms with Crippen molar-refractivity contribution in [1.82, 2.24) is 5.43 Å². The average molecular weight is 384 g/mol. The quantitative estimate of drug-likeness (QED) is 0.292. The number of hydrazone groups is 1. The standard InChI is InChI=1S/C20H23N3O5/c1-2-3-4-5-15-6-9-18(10-7-15)28-14-20(25)22-21-13-16-12-17(23(26)27)8-11-19(16)24/h6-13,24H,2-5,14H2,1H3,(H,22,25)/p-1/b21-13-. The molecule has 0 heterocycles. The zero-order valence-electron chi connectivity index (χ0n) is 15.6. The van der Waals surface area contributed by atoms with E-state index in [-0.39, 0.29) is 17.9 Å². The van der Waals surface area contributed by atoms with E-state index in [1.54, 1.807) is 0 Å². The molecule has 0 aliphatic carbocycles. The van der Waals surface area contributed by atoms with E-state index in [0.717, 1.165) is 37.3 Å². The molecule has 148 valence electrons. The summed E-state index contributed by atoms with van der Waals surface area (Å²) in [7, 11) is 0. The van der Waals surface area contributed by atoms with Gasteiger partial charge >= 0.3 is 0 Å². The molecule has 0 fully saturated rings. The van der Waals surface area contributed by atoms with Crippen LogP contribution < -0.4 is 15.3 Å². The van der Waals surface area contributed by atoms with E-state index in [1.165, 1.54) is 18.4 Å². The molecule has 8 heteroatoms. The lowest BCUT2D eigenvalue weighted by atomic mass is 10.1. The van der Waals surface area contributed by atoms with Gasteiger partial charge in [-0.15, -0.1) is 0 Å². The maximum Gasteiger partial charge on any atom is 0.277 e. The van der Waals surface area contributed by atoms with E-state index < -0.39 is 16.6 Å². The normalized spacial score (nSPS) is 10.8. The predicted octanol–water partition coefficient (Wildman–Crippen LogP) is 2.93. The van der Waals surface area contributed by atoms with Crippen LogP contribution in [0.5, 0.6) is 11.5 Å². The van der Waals surface area contributed by atoms with Gasteiger partial charge in [-0.25, -0.2) is 5.43 Å². The second-order valence-corrected chi connectivity index (χ2v) is 6.16. The van der Waals surface area contributed by atoms with Gasteiger partial charge < -0.3 is 9.84 Å². The topological polar surface area (TPSA) is 117 Å². The van der Waals surface area contributed by atoms with Crippen LogP contribution in [0.25, 0.3) is 0 Å². The van der Waals surface area contributed by atoms with Crippen molar-refractivity contribution in [1.29, 1.82) is 0 Å². The Balaban J connectivity index is 1.80. The van der Waals surface area contributed by atoms with Gasteiger partial charge in [0.05, 0.1) is 11.1 Å². The molecule has 0 bridgehead atoms. The number of hydrogen-bond acceptors (Lipinski definition) is 6. The van der Waals surface area contributed by atoms with Gasteiger partial charge in [0.25, 0.3) is 11.6 Å². The second kappa shape index (κ2) is 10.7. The van der Waals surface area contributed by atoms with Gasteiger partial charge in [0, 0.05) is 12.1 Å². The minimum atomic E-state index is -0.613. The molecule has 0 saturated heterocycles. The Bertz CT molecular complexity index is 834. The van der Waals surface area contributed by atoms with Crippen molar-refractivity contribution in [2.24, 2.45) is 5.10 Å². The van der Waals surface area contributed by atoms with E-state index in [4.69, 9.17) is 4.74 Å². The van der Waals surface area contributed by atoms with Crippen LogP contribution in [0.1, 0.15) is 37.3 Å². The lowest BCUT2D eigenvalue weighted by Gasteiger charge is -2.09. The molecule has 28 heavy (non-hydrogen) atoms. The number of nitrogens with one attached hydrogen (secondary N) is 1. The summed E-state index contributed by atoms with van der Waals surface area (Å²) in [5, 5.41) is 26.0. The molecule has 2 rings (SSSR count). The molecule has 0 aliphatic rings. The van der Waals surface area contributed by atoms with Crippen molar-refractivity contribution in [3.05, 3.63) is 63.7 Å². The highest BCUT2D eigenvalue weighted by atomic mass is 16.6. The zero-order chi connectivity index (χ0) is 20.4. The molecule has 0 saturated carbocycles. The van der Waals surface area contributed by atoms with Crippen LogP contribution in [-0.4, -0.2) is 23.7 Å². The SMILES string of the molecule is CCCCCc1ccc(OCC(=O)N/N=C\c2cc([N+](=O)[O-])ccc2[O-])cc1. The first kappa shape index (κ1) is 20.9. The molecule has 0 aliphatic heterocycles. The largest absolute Gasteiger partial charge is 0.872 e. The van der Waals surface area contributed by atoms with Crippen LogP contribution in [0, 0.1) is 10.1 Å². The molecule has 1 N–H and O–H groups in total. The van der Waals surface area contributed by atoms with Gasteiger partial charge in [0.15, 0.2) is 6.61 Å². The molecule has 2 aromatic rings. The van der Waals surface area contributed by atoms with Crippen molar-refractivity contribution in [2.75, 3.05) is 6.61 Å². The summed E-state index contributed by atoms with van der Waals surface area (Å²) < 4.78 is 5.39. The van der Waals surface area contributed by atoms with Crippen molar-refractivity contribution in [3.63, 3.8) is 0 Å². The van der Waals surface area contributed by atoms with E-state index in [9.17, 15) is 20.0 Å². The summed E-state index contributed by atoms with van der Waals surface area (Å²) in [6, 6.07) is 10.8. The van der Waals surface area contributed by atoms with Gasteiger partial charge in [-0.3, -0.25) is 14.9 Å². The molecule has 8 nitrogen and oxygen atoms in total. The lowest BCUT2D eigenvalue weighted by molar-refractivity contribution is -0.385. The number of benzene rings is 2. The molecule has 1 amide bonds. The summed E-state index contributed by atoms with van der Waals surface area (Å²) in [6.07, 6.45) is 5.60. The van der Waals surface area contributed by atoms with Gasteiger partial charge in [0.1, 0.15) is 5.75 Å². The number of rotatable bonds is 10. The summed E-state index contributed by atoms with van der Waals surface area (Å²) in [5.74, 6) is -0.376. The van der Waals surface area contributed by atoms with Crippen molar-refractivity contribution in [3.8, 4) is 11.5 Å². The summed E-state index contributed by atoms with van der Waals surface area (Å²) in [5.41, 5.74) is 3.22. The highest BCUT2D eigenvalue weighted by Crippen LogP contribution is 2.19. The van der Waals surface area contributed by atoms with Crippen molar-refractivity contribution >= 4 is 17.8 Å². The fraction of sp³-hybridized carbons (Fsp3) is 0.300. The number of unbranched alkanes of at least 4 members (excludes halogenated alkanes) is 2. The highest BCUT2D eigenvalue weighted by molar-refractivity contribution is 5.86. The van der Waals surface area contributed by atoms with E-state index in [1.807, 2.05) is 24.3 Å². The molecule has 0 unspecified atom stereocenters. The number of hydrogen-bond donors (Lipinski definition) is 1. The zero-order valence-corrected chi connectivity index (χ0v) is 15.6. The smallest absolute Gasteiger partial charge is 0.277 e. The first-order valence-electron chi connectivity index (χ1n) is 8.98. The fourth-order valence-electron chi connectivity index (χ4n) is 2.44. The second-order valence-electron chi connectivity index (χ2n) is 6.16. The molecule has 0 atom stereocenters. The number of carbonyl (C=O) groups is 1. The summed E-state index contributed by atoms with van der Waals surface area (Å²) in [4.78, 5) is 21.9. The number of ether oxygens (including phenoxy) is 1. The lowest BCUT2D eigenvalue weighted by Crippen LogP contribution is -2.24.